The van der Waals surface area contributed by atoms with E-state index in [4.69, 9.17) is 0 Å². The van der Waals surface area contributed by atoms with E-state index < -0.39 is 15.9 Å². The van der Waals surface area contributed by atoms with Gasteiger partial charge in [0, 0.05) is 41.4 Å². The summed E-state index contributed by atoms with van der Waals surface area (Å²) in [6, 6.07) is 5.69. The van der Waals surface area contributed by atoms with Crippen molar-refractivity contribution in [3.8, 4) is 11.4 Å². The van der Waals surface area contributed by atoms with Crippen molar-refractivity contribution < 1.29 is 8.60 Å². The molecule has 5 rings (SSSR count). The van der Waals surface area contributed by atoms with Crippen molar-refractivity contribution in [1.29, 1.82) is 0 Å². The first-order valence-electron chi connectivity index (χ1n) is 10.7. The third-order valence-corrected chi connectivity index (χ3v) is 6.59. The van der Waals surface area contributed by atoms with Gasteiger partial charge in [-0.2, -0.15) is 0 Å². The normalized spacial score (nSPS) is 22.2. The molecule has 0 aliphatic carbocycles. The molecule has 2 aliphatic rings. The molecule has 11 heteroatoms. The minimum Gasteiger partial charge on any atom is -0.354 e. The molecule has 2 saturated heterocycles. The van der Waals surface area contributed by atoms with Crippen molar-refractivity contribution in [2.45, 2.75) is 25.6 Å². The predicted octanol–water partition coefficient (Wildman–Crippen LogP) is 2.29. The van der Waals surface area contributed by atoms with E-state index in [1.807, 2.05) is 23.1 Å². The van der Waals surface area contributed by atoms with Gasteiger partial charge in [-0.25, -0.2) is 28.2 Å². The van der Waals surface area contributed by atoms with Crippen LogP contribution in [0.25, 0.3) is 17.0 Å². The number of anilines is 2. The van der Waals surface area contributed by atoms with E-state index in [0.717, 1.165) is 30.3 Å². The molecular formula is C21H27FN8OS. The summed E-state index contributed by atoms with van der Waals surface area (Å²) in [7, 11) is -2.16. The van der Waals surface area contributed by atoms with Gasteiger partial charge in [0.2, 0.25) is 0 Å². The molecule has 2 aliphatic heterocycles. The highest BCUT2D eigenvalue weighted by Crippen LogP contribution is 2.28. The number of rotatable bonds is 4. The average molecular weight is 459 g/mol. The molecule has 3 aromatic rings. The van der Waals surface area contributed by atoms with Gasteiger partial charge in [-0.1, -0.05) is 6.92 Å². The fourth-order valence-electron chi connectivity index (χ4n) is 4.42. The Morgan fingerprint density at radius 3 is 2.59 bits per heavy atom. The van der Waals surface area contributed by atoms with Crippen LogP contribution in [0.5, 0.6) is 0 Å². The lowest BCUT2D eigenvalue weighted by atomic mass is 9.96. The lowest BCUT2D eigenvalue weighted by Crippen LogP contribution is -2.49. The molecule has 2 fully saturated rings. The summed E-state index contributed by atoms with van der Waals surface area (Å²) in [5.74, 6) is 1.93. The second-order valence-corrected chi connectivity index (χ2v) is 11.6. The van der Waals surface area contributed by atoms with Gasteiger partial charge in [-0.3, -0.25) is 4.21 Å². The van der Waals surface area contributed by atoms with Gasteiger partial charge in [0.1, 0.15) is 29.8 Å². The first kappa shape index (κ1) is 21.0. The highest BCUT2D eigenvalue weighted by Gasteiger charge is 2.28. The molecule has 0 spiro atoms. The van der Waals surface area contributed by atoms with Crippen molar-refractivity contribution in [2.75, 3.05) is 48.5 Å². The zero-order valence-corrected chi connectivity index (χ0v) is 19.2. The van der Waals surface area contributed by atoms with Gasteiger partial charge >= 0.3 is 0 Å². The van der Waals surface area contributed by atoms with E-state index in [0.29, 0.717) is 36.9 Å². The second-order valence-electron chi connectivity index (χ2n) is 9.06. The summed E-state index contributed by atoms with van der Waals surface area (Å²) < 4.78 is 31.8. The van der Waals surface area contributed by atoms with Gasteiger partial charge in [0.05, 0.1) is 31.0 Å². The van der Waals surface area contributed by atoms with Crippen molar-refractivity contribution in [3.05, 3.63) is 30.7 Å². The van der Waals surface area contributed by atoms with E-state index in [9.17, 15) is 8.60 Å². The number of imidazole rings is 1. The summed E-state index contributed by atoms with van der Waals surface area (Å²) in [4.78, 5) is 17.5. The van der Waals surface area contributed by atoms with Crippen LogP contribution in [0, 0.1) is 5.92 Å². The van der Waals surface area contributed by atoms with Crippen molar-refractivity contribution in [3.63, 3.8) is 0 Å². The lowest BCUT2D eigenvalue weighted by Gasteiger charge is -2.35. The van der Waals surface area contributed by atoms with Crippen LogP contribution in [0.1, 0.15) is 13.3 Å². The van der Waals surface area contributed by atoms with Crippen molar-refractivity contribution in [1.82, 2.24) is 24.6 Å². The number of alkyl halides is 1. The van der Waals surface area contributed by atoms with Crippen LogP contribution < -0.4 is 9.80 Å². The molecule has 0 bridgehead atoms. The zero-order valence-electron chi connectivity index (χ0n) is 18.4. The molecule has 0 unspecified atom stereocenters. The minimum absolute atomic E-state index is 0.00976. The first-order valence-corrected chi connectivity index (χ1v) is 13.1. The first-order chi connectivity index (χ1) is 15.2. The summed E-state index contributed by atoms with van der Waals surface area (Å²) in [6.45, 7) is 4.43. The molecule has 0 amide bonds. The number of piperidine rings is 1. The highest BCUT2D eigenvalue weighted by atomic mass is 32.2. The predicted molar refractivity (Wildman–Crippen MR) is 123 cm³/mol. The Morgan fingerprint density at radius 1 is 1.06 bits per heavy atom. The average Bonchev–Trinajstić information content (AvgIpc) is 3.13. The summed E-state index contributed by atoms with van der Waals surface area (Å²) in [6.07, 6.45) is 6.77. The smallest absolute Gasteiger partial charge is 0.154 e. The molecule has 5 heterocycles. The Hall–Kier alpha value is -2.82. The number of nitrogens with zero attached hydrogens (tertiary/aromatic N) is 8. The number of aromatic nitrogens is 5. The SMILES string of the molecule is C[C@@H]1C[C@H](N=S(C)(C)=O)CN(c2cc(-c3cnc4ccc(N5CC(F)C5)nn34)ncn2)C1. The van der Waals surface area contributed by atoms with Crippen molar-refractivity contribution in [2.24, 2.45) is 10.3 Å². The Kier molecular flexibility index (Phi) is 5.23. The number of fused-ring (bicyclic) bond motifs is 1. The third-order valence-electron chi connectivity index (χ3n) is 5.79. The highest BCUT2D eigenvalue weighted by molar-refractivity contribution is 7.92. The molecule has 2 atom stereocenters. The van der Waals surface area contributed by atoms with E-state index in [1.165, 1.54) is 0 Å². The van der Waals surface area contributed by atoms with Crippen LogP contribution in [0.15, 0.2) is 35.1 Å². The fraction of sp³-hybridized carbons (Fsp3) is 0.524. The monoisotopic (exact) mass is 458 g/mol. The van der Waals surface area contributed by atoms with Crippen LogP contribution >= 0.6 is 0 Å². The maximum atomic E-state index is 13.3. The van der Waals surface area contributed by atoms with Gasteiger partial charge in [0.25, 0.3) is 0 Å². The number of halogens is 1. The molecule has 0 radical (unpaired) electrons. The summed E-state index contributed by atoms with van der Waals surface area (Å²) >= 11 is 0. The van der Waals surface area contributed by atoms with Gasteiger partial charge in [-0.15, -0.1) is 5.10 Å². The minimum atomic E-state index is -2.16. The molecule has 3 aromatic heterocycles. The van der Waals surface area contributed by atoms with Gasteiger partial charge in [0.15, 0.2) is 5.65 Å². The summed E-state index contributed by atoms with van der Waals surface area (Å²) in [5, 5.41) is 4.67. The molecule has 32 heavy (non-hydrogen) atoms. The zero-order chi connectivity index (χ0) is 22.5. The van der Waals surface area contributed by atoms with Crippen LogP contribution in [0.3, 0.4) is 0 Å². The van der Waals surface area contributed by atoms with Gasteiger partial charge < -0.3 is 9.80 Å². The summed E-state index contributed by atoms with van der Waals surface area (Å²) in [5.41, 5.74) is 2.16. The van der Waals surface area contributed by atoms with Crippen LogP contribution in [0.4, 0.5) is 16.0 Å². The molecular weight excluding hydrogens is 431 g/mol. The van der Waals surface area contributed by atoms with E-state index >= 15 is 0 Å². The van der Waals surface area contributed by atoms with E-state index in [2.05, 4.69) is 36.2 Å². The molecule has 170 valence electrons. The molecule has 9 nitrogen and oxygen atoms in total. The number of hydrogen-bond donors (Lipinski definition) is 0. The van der Waals surface area contributed by atoms with Gasteiger partial charge in [-0.05, 0) is 24.5 Å². The Morgan fingerprint density at radius 2 is 1.84 bits per heavy atom. The molecule has 0 aromatic carbocycles. The quantitative estimate of drug-likeness (QED) is 0.592. The van der Waals surface area contributed by atoms with E-state index in [-0.39, 0.29) is 6.04 Å². The molecule has 0 saturated carbocycles. The molecule has 0 N–H and O–H groups in total. The van der Waals surface area contributed by atoms with Crippen LogP contribution in [0.2, 0.25) is 0 Å². The lowest BCUT2D eigenvalue weighted by molar-refractivity contribution is 0.273. The van der Waals surface area contributed by atoms with Crippen LogP contribution in [-0.4, -0.2) is 79.7 Å². The third kappa shape index (κ3) is 4.25. The van der Waals surface area contributed by atoms with Crippen molar-refractivity contribution >= 4 is 27.0 Å². The Balaban J connectivity index is 1.46. The van der Waals surface area contributed by atoms with E-state index in [1.54, 1.807) is 29.6 Å². The Labute approximate surface area is 186 Å². The number of hydrogen-bond acceptors (Lipinski definition) is 8. The second kappa shape index (κ2) is 7.95. The van der Waals surface area contributed by atoms with Crippen LogP contribution in [-0.2, 0) is 9.73 Å². The fourth-order valence-corrected chi connectivity index (χ4v) is 5.29. The maximum absolute atomic E-state index is 13.3. The standard InChI is InChI=1S/C21H27FN8OS/c1-14-6-16(27-32(2,3)31)12-28(9-14)21-7-17(24-13-25-21)18-8-23-19-4-5-20(26-30(18)19)29-10-15(22)11-29/h4-5,7-8,13-16H,6,9-12H2,1-3H3/t14-,16+/m1/s1. The maximum Gasteiger partial charge on any atom is 0.154 e. The largest absolute Gasteiger partial charge is 0.354 e. The topological polar surface area (TPSA) is 91.9 Å². The Bertz CT molecular complexity index is 1260.